The van der Waals surface area contributed by atoms with Gasteiger partial charge in [-0.25, -0.2) is 0 Å². The zero-order valence-corrected chi connectivity index (χ0v) is 21.6. The van der Waals surface area contributed by atoms with Crippen molar-refractivity contribution in [3.05, 3.63) is 106 Å². The number of nitro groups is 1. The largest absolute Gasteiger partial charge is 0.486 e. The minimum Gasteiger partial charge on any atom is -0.486 e. The normalized spacial score (nSPS) is 13.0. The molecule has 1 aromatic heterocycles. The molecule has 1 aliphatic rings. The summed E-state index contributed by atoms with van der Waals surface area (Å²) in [5.74, 6) is -0.210. The van der Waals surface area contributed by atoms with Gasteiger partial charge in [0.15, 0.2) is 10.9 Å². The van der Waals surface area contributed by atoms with E-state index in [9.17, 15) is 19.7 Å². The van der Waals surface area contributed by atoms with Crippen LogP contribution in [-0.4, -0.2) is 36.6 Å². The van der Waals surface area contributed by atoms with Crippen LogP contribution in [0.2, 0.25) is 0 Å². The fourth-order valence-electron chi connectivity index (χ4n) is 3.69. The first-order chi connectivity index (χ1) is 18.9. The van der Waals surface area contributed by atoms with Crippen LogP contribution in [0.15, 0.2) is 94.5 Å². The lowest BCUT2D eigenvalue weighted by Gasteiger charge is -2.16. The van der Waals surface area contributed by atoms with Crippen molar-refractivity contribution in [2.24, 2.45) is 0 Å². The van der Waals surface area contributed by atoms with Crippen LogP contribution in [-0.2, 0) is 16.2 Å². The van der Waals surface area contributed by atoms with Crippen molar-refractivity contribution in [3.8, 4) is 11.4 Å². The lowest BCUT2D eigenvalue weighted by molar-refractivity contribution is -0.387. The second-order valence-corrected chi connectivity index (χ2v) is 9.47. The molecule has 3 aromatic carbocycles. The van der Waals surface area contributed by atoms with Crippen molar-refractivity contribution in [1.82, 2.24) is 25.4 Å². The first kappa shape index (κ1) is 25.8. The second-order valence-electron chi connectivity index (χ2n) is 8.05. The molecule has 39 heavy (non-hydrogen) atoms. The number of benzene rings is 3. The predicted molar refractivity (Wildman–Crippen MR) is 146 cm³/mol. The van der Waals surface area contributed by atoms with E-state index in [4.69, 9.17) is 17.0 Å². The van der Waals surface area contributed by atoms with Crippen LogP contribution in [0.5, 0.6) is 5.75 Å². The van der Waals surface area contributed by atoms with Gasteiger partial charge in [-0.2, -0.15) is 0 Å². The number of carbonyl (C=O) groups is 2. The number of hydrogen-bond donors (Lipinski definition) is 2. The summed E-state index contributed by atoms with van der Waals surface area (Å²) in [6, 6.07) is 23.0. The van der Waals surface area contributed by atoms with E-state index in [1.165, 1.54) is 18.2 Å². The highest BCUT2D eigenvalue weighted by molar-refractivity contribution is 7.99. The molecule has 0 atom stereocenters. The van der Waals surface area contributed by atoms with E-state index < -0.39 is 16.7 Å². The first-order valence-electron chi connectivity index (χ1n) is 11.4. The third-order valence-corrected chi connectivity index (χ3v) is 6.68. The van der Waals surface area contributed by atoms with E-state index in [0.29, 0.717) is 27.2 Å². The molecule has 1 aliphatic heterocycles. The van der Waals surface area contributed by atoms with Gasteiger partial charge in [0.05, 0.1) is 9.82 Å². The first-order valence-corrected chi connectivity index (χ1v) is 12.6. The van der Waals surface area contributed by atoms with Crippen molar-refractivity contribution >= 4 is 52.7 Å². The minimum atomic E-state index is -0.689. The fraction of sp³-hybridized carbons (Fsp3) is 0.0385. The molecule has 11 nitrogen and oxygen atoms in total. The van der Waals surface area contributed by atoms with Gasteiger partial charge in [-0.3, -0.25) is 34.9 Å². The summed E-state index contributed by atoms with van der Waals surface area (Å²) in [5, 5.41) is 25.5. The van der Waals surface area contributed by atoms with Crippen LogP contribution in [0.1, 0.15) is 11.4 Å². The zero-order valence-electron chi connectivity index (χ0n) is 19.9. The van der Waals surface area contributed by atoms with E-state index in [-0.39, 0.29) is 23.0 Å². The van der Waals surface area contributed by atoms with E-state index >= 15 is 0 Å². The molecule has 0 radical (unpaired) electrons. The third-order valence-electron chi connectivity index (χ3n) is 5.46. The molecule has 194 valence electrons. The molecule has 0 spiro atoms. The Hall–Kier alpha value is -4.88. The number of nitrogens with one attached hydrogen (secondary N) is 2. The standard InChI is InChI=1S/C26H18N6O5S2/c33-23-19(24(34)28-25(38)27-23)13-16-11-12-21(20(14-16)32(35)36)39-26-30-29-22(15-37-18-9-5-2-6-10-18)31(26)17-7-3-1-4-8-17/h1-14H,15H2,(H2,27,28,33,34,38). The Bertz CT molecular complexity index is 1600. The number of ether oxygens (including phenoxy) is 1. The number of carbonyl (C=O) groups excluding carboxylic acids is 2. The minimum absolute atomic E-state index is 0.101. The summed E-state index contributed by atoms with van der Waals surface area (Å²) >= 11 is 5.85. The Morgan fingerprint density at radius 1 is 0.974 bits per heavy atom. The van der Waals surface area contributed by atoms with Crippen molar-refractivity contribution < 1.29 is 19.2 Å². The topological polar surface area (TPSA) is 141 Å². The van der Waals surface area contributed by atoms with Crippen LogP contribution in [0.4, 0.5) is 5.69 Å². The molecule has 4 aromatic rings. The Balaban J connectivity index is 1.47. The van der Waals surface area contributed by atoms with Crippen molar-refractivity contribution in [2.45, 2.75) is 16.7 Å². The monoisotopic (exact) mass is 558 g/mol. The molecular formula is C26H18N6O5S2. The maximum absolute atomic E-state index is 12.2. The van der Waals surface area contributed by atoms with Crippen molar-refractivity contribution in [3.63, 3.8) is 0 Å². The number of thiocarbonyl (C=S) groups is 1. The molecule has 2 heterocycles. The third kappa shape index (κ3) is 5.84. The van der Waals surface area contributed by atoms with Crippen LogP contribution in [0, 0.1) is 10.1 Å². The summed E-state index contributed by atoms with van der Waals surface area (Å²) in [5.41, 5.74) is 0.602. The van der Waals surface area contributed by atoms with Crippen LogP contribution in [0.3, 0.4) is 0 Å². The lowest BCUT2D eigenvalue weighted by Crippen LogP contribution is -2.51. The Labute approximate surface area is 231 Å². The number of nitro benzene ring substituents is 1. The van der Waals surface area contributed by atoms with Crippen molar-refractivity contribution in [1.29, 1.82) is 0 Å². The zero-order chi connectivity index (χ0) is 27.4. The van der Waals surface area contributed by atoms with Gasteiger partial charge >= 0.3 is 0 Å². The average molecular weight is 559 g/mol. The fourth-order valence-corrected chi connectivity index (χ4v) is 4.83. The van der Waals surface area contributed by atoms with E-state index in [1.807, 2.05) is 60.7 Å². The van der Waals surface area contributed by atoms with E-state index in [2.05, 4.69) is 20.8 Å². The van der Waals surface area contributed by atoms with E-state index in [1.54, 1.807) is 10.6 Å². The Kier molecular flexibility index (Phi) is 7.43. The molecule has 13 heteroatoms. The van der Waals surface area contributed by atoms with E-state index in [0.717, 1.165) is 17.4 Å². The van der Waals surface area contributed by atoms with Crippen LogP contribution in [0.25, 0.3) is 11.8 Å². The van der Waals surface area contributed by atoms with Gasteiger partial charge in [0.25, 0.3) is 17.5 Å². The lowest BCUT2D eigenvalue weighted by atomic mass is 10.1. The van der Waals surface area contributed by atoms with Gasteiger partial charge in [-0.15, -0.1) is 10.2 Å². The van der Waals surface area contributed by atoms with Crippen molar-refractivity contribution in [2.75, 3.05) is 0 Å². The quantitative estimate of drug-likeness (QED) is 0.109. The van der Waals surface area contributed by atoms with Gasteiger partial charge in [0.1, 0.15) is 17.9 Å². The van der Waals surface area contributed by atoms with Gasteiger partial charge in [0, 0.05) is 11.8 Å². The highest BCUT2D eigenvalue weighted by Gasteiger charge is 2.26. The number of para-hydroxylation sites is 2. The molecule has 0 saturated carbocycles. The summed E-state index contributed by atoms with van der Waals surface area (Å²) in [6.45, 7) is 0.120. The molecule has 0 bridgehead atoms. The van der Waals surface area contributed by atoms with Gasteiger partial charge in [-0.1, -0.05) is 42.5 Å². The molecular weight excluding hydrogens is 540 g/mol. The molecule has 0 aliphatic carbocycles. The van der Waals surface area contributed by atoms with Gasteiger partial charge < -0.3 is 4.74 Å². The molecule has 1 fully saturated rings. The molecule has 2 amide bonds. The number of rotatable bonds is 8. The average Bonchev–Trinajstić information content (AvgIpc) is 3.33. The smallest absolute Gasteiger partial charge is 0.283 e. The molecule has 1 saturated heterocycles. The number of hydrogen-bond acceptors (Lipinski definition) is 9. The molecule has 0 unspecified atom stereocenters. The van der Waals surface area contributed by atoms with Crippen LogP contribution >= 0.6 is 24.0 Å². The van der Waals surface area contributed by atoms with Crippen LogP contribution < -0.4 is 15.4 Å². The highest BCUT2D eigenvalue weighted by Crippen LogP contribution is 2.36. The second kappa shape index (κ2) is 11.2. The predicted octanol–water partition coefficient (Wildman–Crippen LogP) is 3.82. The highest BCUT2D eigenvalue weighted by atomic mass is 32.2. The van der Waals surface area contributed by atoms with Gasteiger partial charge in [-0.05, 0) is 66.0 Å². The Morgan fingerprint density at radius 2 is 1.64 bits per heavy atom. The summed E-state index contributed by atoms with van der Waals surface area (Å²) in [6.07, 6.45) is 1.26. The maximum Gasteiger partial charge on any atom is 0.283 e. The number of aromatic nitrogens is 3. The molecule has 2 N–H and O–H groups in total. The van der Waals surface area contributed by atoms with Gasteiger partial charge in [0.2, 0.25) is 5.16 Å². The molecule has 5 rings (SSSR count). The maximum atomic E-state index is 12.2. The number of amides is 2. The Morgan fingerprint density at radius 3 is 2.31 bits per heavy atom. The summed E-state index contributed by atoms with van der Waals surface area (Å²) in [4.78, 5) is 36.1. The number of nitrogens with zero attached hydrogens (tertiary/aromatic N) is 4. The summed E-state index contributed by atoms with van der Waals surface area (Å²) < 4.78 is 7.64. The summed E-state index contributed by atoms with van der Waals surface area (Å²) in [7, 11) is 0. The SMILES string of the molecule is O=C1NC(=S)NC(=O)C1=Cc1ccc(Sc2nnc(COc3ccccc3)n2-c2ccccc2)c([N+](=O)[O-])c1.